The summed E-state index contributed by atoms with van der Waals surface area (Å²) in [6, 6.07) is 0. The number of amides is 1. The zero-order valence-corrected chi connectivity index (χ0v) is 14.3. The van der Waals surface area contributed by atoms with E-state index in [9.17, 15) is 9.90 Å². The molecule has 0 spiro atoms. The van der Waals surface area contributed by atoms with Crippen molar-refractivity contribution in [3.8, 4) is 0 Å². The number of aliphatic hydroxyl groups is 1. The summed E-state index contributed by atoms with van der Waals surface area (Å²) in [6.45, 7) is 2.54. The molecule has 0 aliphatic carbocycles. The monoisotopic (exact) mass is 359 g/mol. The number of tetrazole rings is 1. The van der Waals surface area contributed by atoms with Gasteiger partial charge in [0.15, 0.2) is 0 Å². The number of fused-ring (bicyclic) bond motifs is 1. The third-order valence-electron chi connectivity index (χ3n) is 4.84. The summed E-state index contributed by atoms with van der Waals surface area (Å²) in [5.74, 6) is 0.983. The minimum Gasteiger partial charge on any atom is -0.391 e. The molecule has 11 heteroatoms. The number of rotatable bonds is 3. The molecule has 0 bridgehead atoms. The molecule has 3 N–H and O–H groups in total. The van der Waals surface area contributed by atoms with E-state index in [4.69, 9.17) is 5.73 Å². The zero-order chi connectivity index (χ0) is 18.1. The van der Waals surface area contributed by atoms with Gasteiger partial charge in [-0.25, -0.2) is 9.67 Å². The van der Waals surface area contributed by atoms with Crippen LogP contribution < -0.4 is 10.6 Å². The van der Waals surface area contributed by atoms with Crippen molar-refractivity contribution in [1.82, 2.24) is 35.1 Å². The van der Waals surface area contributed by atoms with Gasteiger partial charge in [0.1, 0.15) is 18.7 Å². The predicted octanol–water partition coefficient (Wildman–Crippen LogP) is -1.76. The van der Waals surface area contributed by atoms with Gasteiger partial charge >= 0.3 is 0 Å². The van der Waals surface area contributed by atoms with Crippen LogP contribution in [0, 0.1) is 0 Å². The minimum absolute atomic E-state index is 0.0378. The molecule has 1 atom stereocenters. The Kier molecular flexibility index (Phi) is 4.37. The number of hydrogen-bond donors (Lipinski definition) is 2. The van der Waals surface area contributed by atoms with Crippen LogP contribution in [0.15, 0.2) is 6.33 Å². The SMILES string of the molecule is Nc1nc2c(c(N3CC[C@@H](O)C3)n1)CCN(C(=O)Cn1cnnn1)CC2. The molecule has 2 aliphatic heterocycles. The number of hydrogen-bond acceptors (Lipinski definition) is 9. The van der Waals surface area contributed by atoms with E-state index < -0.39 is 0 Å². The van der Waals surface area contributed by atoms with E-state index in [-0.39, 0.29) is 24.5 Å². The molecular weight excluding hydrogens is 338 g/mol. The fraction of sp³-hybridized carbons (Fsp3) is 0.600. The maximum Gasteiger partial charge on any atom is 0.244 e. The third-order valence-corrected chi connectivity index (χ3v) is 4.84. The standard InChI is InChI=1S/C15H21N9O2/c16-15-18-12-3-6-22(13(26)8-24-9-17-20-21-24)5-2-11(12)14(19-15)23-4-1-10(25)7-23/h9-10,25H,1-8H2,(H2,16,18,19)/t10-/m1/s1. The van der Waals surface area contributed by atoms with Gasteiger partial charge in [0.05, 0.1) is 11.8 Å². The molecule has 1 amide bonds. The second-order valence-corrected chi connectivity index (χ2v) is 6.61. The van der Waals surface area contributed by atoms with Crippen molar-refractivity contribution in [2.75, 3.05) is 36.8 Å². The van der Waals surface area contributed by atoms with Crippen molar-refractivity contribution in [3.63, 3.8) is 0 Å². The van der Waals surface area contributed by atoms with Crippen LogP contribution in [-0.4, -0.2) is 78.4 Å². The minimum atomic E-state index is -0.345. The van der Waals surface area contributed by atoms with Crippen molar-refractivity contribution < 1.29 is 9.90 Å². The first-order valence-electron chi connectivity index (χ1n) is 8.67. The van der Waals surface area contributed by atoms with Crippen molar-refractivity contribution in [2.45, 2.75) is 31.9 Å². The van der Waals surface area contributed by atoms with Crippen LogP contribution in [-0.2, 0) is 24.2 Å². The van der Waals surface area contributed by atoms with Crippen molar-refractivity contribution in [3.05, 3.63) is 17.6 Å². The molecule has 26 heavy (non-hydrogen) atoms. The van der Waals surface area contributed by atoms with E-state index in [1.807, 2.05) is 0 Å². The summed E-state index contributed by atoms with van der Waals surface area (Å²) in [4.78, 5) is 25.2. The van der Waals surface area contributed by atoms with E-state index in [1.165, 1.54) is 11.0 Å². The first kappa shape index (κ1) is 16.6. The van der Waals surface area contributed by atoms with Crippen LogP contribution >= 0.6 is 0 Å². The highest BCUT2D eigenvalue weighted by atomic mass is 16.3. The van der Waals surface area contributed by atoms with Gasteiger partial charge in [0.25, 0.3) is 0 Å². The topological polar surface area (TPSA) is 139 Å². The van der Waals surface area contributed by atoms with Crippen LogP contribution in [0.5, 0.6) is 0 Å². The average molecular weight is 359 g/mol. The highest BCUT2D eigenvalue weighted by molar-refractivity contribution is 5.76. The molecule has 0 unspecified atom stereocenters. The van der Waals surface area contributed by atoms with E-state index in [1.54, 1.807) is 4.90 Å². The summed E-state index contributed by atoms with van der Waals surface area (Å²) < 4.78 is 1.41. The lowest BCUT2D eigenvalue weighted by Gasteiger charge is -2.22. The van der Waals surface area contributed by atoms with E-state index in [0.717, 1.165) is 30.0 Å². The molecule has 11 nitrogen and oxygen atoms in total. The molecule has 138 valence electrons. The van der Waals surface area contributed by atoms with Crippen LogP contribution in [0.1, 0.15) is 17.7 Å². The second kappa shape index (κ2) is 6.83. The maximum absolute atomic E-state index is 12.5. The maximum atomic E-state index is 12.5. The van der Waals surface area contributed by atoms with Crippen LogP contribution in [0.3, 0.4) is 0 Å². The molecule has 0 radical (unpaired) electrons. The Morgan fingerprint density at radius 1 is 1.27 bits per heavy atom. The molecule has 1 saturated heterocycles. The number of aromatic nitrogens is 6. The summed E-state index contributed by atoms with van der Waals surface area (Å²) in [5.41, 5.74) is 7.80. The number of nitrogens with two attached hydrogens (primary N) is 1. The van der Waals surface area contributed by atoms with Gasteiger partial charge in [-0.15, -0.1) is 5.10 Å². The lowest BCUT2D eigenvalue weighted by Crippen LogP contribution is -2.36. The van der Waals surface area contributed by atoms with Gasteiger partial charge in [-0.05, 0) is 23.3 Å². The third kappa shape index (κ3) is 3.29. The number of aliphatic hydroxyl groups excluding tert-OH is 1. The highest BCUT2D eigenvalue weighted by Gasteiger charge is 2.28. The quantitative estimate of drug-likeness (QED) is 0.652. The number of β-amino-alcohol motifs (C(OH)–C–C–N with tert-alkyl or cyclic N) is 1. The number of nitrogens with zero attached hydrogens (tertiary/aromatic N) is 8. The lowest BCUT2D eigenvalue weighted by atomic mass is 10.1. The Balaban J connectivity index is 1.53. The predicted molar refractivity (Wildman–Crippen MR) is 91.1 cm³/mol. The summed E-state index contributed by atoms with van der Waals surface area (Å²) >= 11 is 0. The Morgan fingerprint density at radius 2 is 2.12 bits per heavy atom. The fourth-order valence-corrected chi connectivity index (χ4v) is 3.53. The second-order valence-electron chi connectivity index (χ2n) is 6.61. The first-order valence-corrected chi connectivity index (χ1v) is 8.67. The van der Waals surface area contributed by atoms with Crippen molar-refractivity contribution >= 4 is 17.7 Å². The lowest BCUT2D eigenvalue weighted by molar-refractivity contribution is -0.132. The van der Waals surface area contributed by atoms with Crippen LogP contribution in [0.2, 0.25) is 0 Å². The summed E-state index contributed by atoms with van der Waals surface area (Å²) in [5, 5.41) is 20.7. The average Bonchev–Trinajstić information content (AvgIpc) is 3.22. The molecule has 2 aromatic rings. The van der Waals surface area contributed by atoms with Crippen LogP contribution in [0.4, 0.5) is 11.8 Å². The smallest absolute Gasteiger partial charge is 0.244 e. The van der Waals surface area contributed by atoms with Gasteiger partial charge in [0.2, 0.25) is 11.9 Å². The number of anilines is 2. The molecule has 2 aromatic heterocycles. The zero-order valence-electron chi connectivity index (χ0n) is 14.3. The molecule has 4 heterocycles. The summed E-state index contributed by atoms with van der Waals surface area (Å²) in [6.07, 6.45) is 3.07. The van der Waals surface area contributed by atoms with Gasteiger partial charge in [-0.1, -0.05) is 0 Å². The van der Waals surface area contributed by atoms with E-state index in [0.29, 0.717) is 32.5 Å². The Hall–Kier alpha value is -2.82. The molecule has 1 fully saturated rings. The van der Waals surface area contributed by atoms with Crippen LogP contribution in [0.25, 0.3) is 0 Å². The fourth-order valence-electron chi connectivity index (χ4n) is 3.53. The Labute approximate surface area is 149 Å². The van der Waals surface area contributed by atoms with Crippen molar-refractivity contribution in [2.24, 2.45) is 0 Å². The number of carbonyl (C=O) groups excluding carboxylic acids is 1. The number of carbonyl (C=O) groups is 1. The van der Waals surface area contributed by atoms with Crippen molar-refractivity contribution in [1.29, 1.82) is 0 Å². The largest absolute Gasteiger partial charge is 0.391 e. The first-order chi connectivity index (χ1) is 12.6. The number of nitrogen functional groups attached to an aromatic ring is 1. The van der Waals surface area contributed by atoms with Gasteiger partial charge in [-0.2, -0.15) is 4.98 Å². The van der Waals surface area contributed by atoms with E-state index >= 15 is 0 Å². The van der Waals surface area contributed by atoms with Gasteiger partial charge in [-0.3, -0.25) is 4.79 Å². The van der Waals surface area contributed by atoms with Gasteiger partial charge in [0, 0.05) is 38.2 Å². The Morgan fingerprint density at radius 3 is 2.85 bits per heavy atom. The van der Waals surface area contributed by atoms with Gasteiger partial charge < -0.3 is 20.6 Å². The molecule has 0 aromatic carbocycles. The van der Waals surface area contributed by atoms with E-state index in [2.05, 4.69) is 30.4 Å². The molecule has 0 saturated carbocycles. The highest BCUT2D eigenvalue weighted by Crippen LogP contribution is 2.28. The summed E-state index contributed by atoms with van der Waals surface area (Å²) in [7, 11) is 0. The Bertz CT molecular complexity index is 795. The molecule has 4 rings (SSSR count). The molecular formula is C15H21N9O2. The normalized spacial score (nSPS) is 20.1. The molecule has 2 aliphatic rings.